The van der Waals surface area contributed by atoms with Crippen LogP contribution in [0.15, 0.2) is 103 Å². The Balaban J connectivity index is 1.19. The van der Waals surface area contributed by atoms with E-state index in [1.807, 2.05) is 49.5 Å². The van der Waals surface area contributed by atoms with Crippen molar-refractivity contribution in [1.29, 1.82) is 0 Å². The Morgan fingerprint density at radius 1 is 0.985 bits per heavy atom. The molecule has 13 heteroatoms. The molecule has 1 aliphatic heterocycles. The number of nitrogens with one attached hydrogen (secondary N) is 2. The second kappa shape index (κ2) is 20.2. The lowest BCUT2D eigenvalue weighted by Crippen LogP contribution is -2.41. The monoisotopic (exact) mass is 916 g/mol. The summed E-state index contributed by atoms with van der Waals surface area (Å²) in [6.45, 7) is 2.61. The molecule has 1 aromatic heterocycles. The molecule has 2 aliphatic rings. The summed E-state index contributed by atoms with van der Waals surface area (Å²) in [7, 11) is 6.52. The minimum atomic E-state index is -1.19. The van der Waals surface area contributed by atoms with Crippen LogP contribution in [-0.4, -0.2) is 76.2 Å². The summed E-state index contributed by atoms with van der Waals surface area (Å²) < 4.78 is 12.1. The third-order valence-electron chi connectivity index (χ3n) is 13.1. The van der Waals surface area contributed by atoms with Gasteiger partial charge in [0, 0.05) is 48.1 Å². The second-order valence-electron chi connectivity index (χ2n) is 17.9. The van der Waals surface area contributed by atoms with Crippen molar-refractivity contribution >= 4 is 38.1 Å². The van der Waals surface area contributed by atoms with Crippen molar-refractivity contribution in [2.75, 3.05) is 33.2 Å². The average molecular weight is 917 g/mol. The Kier molecular flexibility index (Phi) is 14.4. The number of methoxy groups -OCH3 is 1. The first-order chi connectivity index (χ1) is 31.4. The van der Waals surface area contributed by atoms with E-state index in [2.05, 4.69) is 39.9 Å². The number of carbonyl (C=O) groups excluding carboxylic acids is 1. The molecular formula is C52H58N3O8S2-. The lowest BCUT2D eigenvalue weighted by molar-refractivity contribution is -0.127. The van der Waals surface area contributed by atoms with Crippen molar-refractivity contribution in [2.24, 2.45) is 5.92 Å². The van der Waals surface area contributed by atoms with Crippen LogP contribution in [0, 0.1) is 5.92 Å². The maximum Gasteiger partial charge on any atom is 0.167 e. The predicted octanol–water partition coefficient (Wildman–Crippen LogP) is 8.04. The number of hydrogen-bond donors (Lipinski definition) is 7. The van der Waals surface area contributed by atoms with E-state index in [1.165, 1.54) is 0 Å². The number of carbonyl (C=O) groups is 1. The highest BCUT2D eigenvalue weighted by atomic mass is 33.1. The number of hydrogen-bond acceptors (Lipinski definition) is 12. The summed E-state index contributed by atoms with van der Waals surface area (Å²) in [5.41, 5.74) is 4.58. The molecule has 0 bridgehead atoms. The van der Waals surface area contributed by atoms with Crippen molar-refractivity contribution in [3.05, 3.63) is 148 Å². The normalized spacial score (nSPS) is 21.0. The topological polar surface area (TPSA) is 175 Å². The first kappa shape index (κ1) is 46.4. The molecule has 6 aromatic rings. The highest BCUT2D eigenvalue weighted by molar-refractivity contribution is 8.76. The SMILES string of the molecule is CNCc1cc(O)cc(C2(C(=O)CC(O)C(Cc3cc[n-]c3)Cc3ccc(O)c(OC)c3Cc3cccc4ccccc34)CCC3SSCC(C)(O)CNCOc4c(O)ccc(c43)C2)c1. The van der Waals surface area contributed by atoms with Gasteiger partial charge in [-0.1, -0.05) is 93.9 Å². The van der Waals surface area contributed by atoms with Crippen molar-refractivity contribution in [1.82, 2.24) is 15.6 Å². The van der Waals surface area contributed by atoms with E-state index in [4.69, 9.17) is 9.47 Å². The fourth-order valence-corrected chi connectivity index (χ4v) is 13.0. The fourth-order valence-electron chi connectivity index (χ4n) is 9.79. The number of aromatic hydroxyl groups is 3. The number of benzene rings is 5. The minimum absolute atomic E-state index is 0.00871. The van der Waals surface area contributed by atoms with Gasteiger partial charge in [-0.05, 0) is 115 Å². The number of Topliss-reactive ketones (excluding diaryl/α,β-unsaturated/α-hetero) is 1. The molecule has 0 spiro atoms. The molecule has 0 saturated heterocycles. The molecule has 1 aliphatic carbocycles. The molecule has 0 amide bonds. The van der Waals surface area contributed by atoms with Crippen LogP contribution in [0.4, 0.5) is 0 Å². The summed E-state index contributed by atoms with van der Waals surface area (Å²) in [6.07, 6.45) is 4.62. The van der Waals surface area contributed by atoms with Crippen molar-refractivity contribution in [2.45, 2.75) is 80.8 Å². The van der Waals surface area contributed by atoms with Crippen LogP contribution in [0.5, 0.6) is 28.7 Å². The molecule has 0 saturated carbocycles. The van der Waals surface area contributed by atoms with Gasteiger partial charge in [0.15, 0.2) is 23.0 Å². The van der Waals surface area contributed by atoms with E-state index < -0.39 is 23.0 Å². The van der Waals surface area contributed by atoms with Crippen LogP contribution in [0.3, 0.4) is 0 Å². The van der Waals surface area contributed by atoms with Gasteiger partial charge in [0.05, 0.1) is 24.2 Å². The lowest BCUT2D eigenvalue weighted by Gasteiger charge is -2.35. The van der Waals surface area contributed by atoms with E-state index in [1.54, 1.807) is 72.3 Å². The van der Waals surface area contributed by atoms with Gasteiger partial charge in [-0.2, -0.15) is 12.4 Å². The molecule has 0 fully saturated rings. The van der Waals surface area contributed by atoms with Crippen LogP contribution in [0.2, 0.25) is 0 Å². The number of phenols is 3. The van der Waals surface area contributed by atoms with Gasteiger partial charge in [-0.25, -0.2) is 0 Å². The molecule has 2 heterocycles. The minimum Gasteiger partial charge on any atom is -0.670 e. The van der Waals surface area contributed by atoms with E-state index in [0.29, 0.717) is 68.0 Å². The number of ketones is 1. The Morgan fingerprint density at radius 2 is 1.80 bits per heavy atom. The zero-order chi connectivity index (χ0) is 45.7. The number of aliphatic hydroxyl groups excluding tert-OH is 1. The number of rotatable bonds is 14. The molecule has 65 heavy (non-hydrogen) atoms. The zero-order valence-corrected chi connectivity index (χ0v) is 38.7. The highest BCUT2D eigenvalue weighted by Gasteiger charge is 2.46. The van der Waals surface area contributed by atoms with Crippen molar-refractivity contribution < 1.29 is 39.8 Å². The highest BCUT2D eigenvalue weighted by Crippen LogP contribution is 2.55. The van der Waals surface area contributed by atoms with E-state index in [0.717, 1.165) is 49.7 Å². The molecule has 5 unspecified atom stereocenters. The fraction of sp³-hybridized carbons (Fsp3) is 0.365. The number of nitrogens with zero attached hydrogens (tertiary/aromatic N) is 1. The molecule has 11 nitrogen and oxygen atoms in total. The quantitative estimate of drug-likeness (QED) is 0.0524. The molecule has 342 valence electrons. The predicted molar refractivity (Wildman–Crippen MR) is 258 cm³/mol. The maximum atomic E-state index is 15.7. The summed E-state index contributed by atoms with van der Waals surface area (Å²) in [6, 6.07) is 28.6. The number of phenolic OH excluding ortho intramolecular Hbond substituents is 3. The standard InChI is InChI=1S/C52H58N3O8S2/c1-51(61)29-55-31-63-50-44(58)14-12-37-26-52(17-15-46(48(37)50)65-64-30-51,39-20-33(27-53-2)21-40(56)24-39)47(60)25-45(59)38(19-32-16-18-54-28-32)22-36-11-13-43(57)49(62-3)42(36)23-35-9-6-8-34-7-4-5-10-41(34)35/h4-14,16,18,20-21,24,28,38,45-46,53,55-59,61H,15,17,19,22-23,25-27,29-31H2,1-3H3/q-1. The van der Waals surface area contributed by atoms with E-state index in [-0.39, 0.29) is 47.9 Å². The first-order valence-electron chi connectivity index (χ1n) is 22.2. The van der Waals surface area contributed by atoms with Gasteiger partial charge < -0.3 is 45.3 Å². The van der Waals surface area contributed by atoms with Gasteiger partial charge >= 0.3 is 0 Å². The van der Waals surface area contributed by atoms with Gasteiger partial charge in [0.25, 0.3) is 0 Å². The number of ether oxygens (including phenoxy) is 2. The summed E-state index contributed by atoms with van der Waals surface area (Å²) >= 11 is 0. The second-order valence-corrected chi connectivity index (χ2v) is 20.4. The summed E-state index contributed by atoms with van der Waals surface area (Å²) in [5, 5.41) is 65.6. The molecule has 7 N–H and O–H groups in total. The van der Waals surface area contributed by atoms with Crippen LogP contribution in [0.25, 0.3) is 10.8 Å². The smallest absolute Gasteiger partial charge is 0.167 e. The van der Waals surface area contributed by atoms with Crippen molar-refractivity contribution in [3.8, 4) is 28.7 Å². The van der Waals surface area contributed by atoms with Crippen LogP contribution in [0.1, 0.15) is 75.9 Å². The number of aliphatic hydroxyl groups is 2. The molecule has 5 atom stereocenters. The number of β-amino-alcohol motifs (C(OH)–C–C–N with tert-alkyl or cyclic N) is 1. The van der Waals surface area contributed by atoms with Crippen LogP contribution < -0.4 is 25.1 Å². The van der Waals surface area contributed by atoms with Gasteiger partial charge in [0.2, 0.25) is 0 Å². The zero-order valence-electron chi connectivity index (χ0n) is 37.0. The molecular weight excluding hydrogens is 859 g/mol. The van der Waals surface area contributed by atoms with Gasteiger partial charge in [0.1, 0.15) is 18.3 Å². The largest absolute Gasteiger partial charge is 0.670 e. The third kappa shape index (κ3) is 10.3. The van der Waals surface area contributed by atoms with Crippen molar-refractivity contribution in [3.63, 3.8) is 0 Å². The van der Waals surface area contributed by atoms with E-state index >= 15 is 4.79 Å². The first-order valence-corrected chi connectivity index (χ1v) is 24.5. The van der Waals surface area contributed by atoms with Crippen LogP contribution in [-0.2, 0) is 42.4 Å². The van der Waals surface area contributed by atoms with Crippen LogP contribution >= 0.6 is 21.6 Å². The molecule has 0 radical (unpaired) electrons. The van der Waals surface area contributed by atoms with Gasteiger partial charge in [-0.15, -0.1) is 0 Å². The number of aromatic nitrogens is 1. The summed E-state index contributed by atoms with van der Waals surface area (Å²) in [5.74, 6) is 0.594. The maximum absolute atomic E-state index is 15.7. The third-order valence-corrected chi connectivity index (χ3v) is 16.1. The lowest BCUT2D eigenvalue weighted by atomic mass is 9.68. The Morgan fingerprint density at radius 3 is 2.60 bits per heavy atom. The Hall–Kier alpha value is -5.15. The average Bonchev–Trinajstić information content (AvgIpc) is 3.73. The summed E-state index contributed by atoms with van der Waals surface area (Å²) in [4.78, 5) is 20.0. The number of fused-ring (bicyclic) bond motifs is 1. The van der Waals surface area contributed by atoms with Gasteiger partial charge in [-0.3, -0.25) is 10.1 Å². The Labute approximate surface area is 388 Å². The molecule has 8 rings (SSSR count). The Bertz CT molecular complexity index is 2610. The molecule has 5 aromatic carbocycles. The van der Waals surface area contributed by atoms with E-state index in [9.17, 15) is 25.5 Å².